The van der Waals surface area contributed by atoms with Gasteiger partial charge in [-0.3, -0.25) is 4.79 Å². The monoisotopic (exact) mass is 376 g/mol. The molecule has 0 atom stereocenters. The Hall–Kier alpha value is -2.44. The number of nitrogens with zero attached hydrogens (tertiary/aromatic N) is 1. The summed E-state index contributed by atoms with van der Waals surface area (Å²) in [6.07, 6.45) is 0.122. The van der Waals surface area contributed by atoms with E-state index in [2.05, 4.69) is 10.3 Å². The van der Waals surface area contributed by atoms with E-state index in [1.165, 1.54) is 30.6 Å². The molecule has 3 rings (SSSR count). The molecule has 128 valence electrons. The fourth-order valence-electron chi connectivity index (χ4n) is 2.22. The van der Waals surface area contributed by atoms with Gasteiger partial charge < -0.3 is 10.1 Å². The van der Waals surface area contributed by atoms with E-state index < -0.39 is 0 Å². The Morgan fingerprint density at radius 3 is 2.52 bits per heavy atom. The van der Waals surface area contributed by atoms with Crippen molar-refractivity contribution in [3.8, 4) is 11.3 Å². The van der Waals surface area contributed by atoms with Gasteiger partial charge >= 0.3 is 5.97 Å². The third-order valence-electron chi connectivity index (χ3n) is 3.44. The van der Waals surface area contributed by atoms with Crippen LogP contribution >= 0.6 is 22.9 Å². The van der Waals surface area contributed by atoms with Crippen LogP contribution in [0, 0.1) is 5.82 Å². The average Bonchev–Trinajstić information content (AvgIpc) is 2.99. The van der Waals surface area contributed by atoms with Crippen molar-refractivity contribution in [3.63, 3.8) is 0 Å². The Morgan fingerprint density at radius 1 is 1.20 bits per heavy atom. The summed E-state index contributed by atoms with van der Waals surface area (Å²) >= 11 is 7.29. The molecule has 0 spiro atoms. The van der Waals surface area contributed by atoms with E-state index >= 15 is 0 Å². The lowest BCUT2D eigenvalue weighted by Gasteiger charge is -2.02. The fraction of sp³-hybridized carbons (Fsp3) is 0.111. The molecule has 4 nitrogen and oxygen atoms in total. The summed E-state index contributed by atoms with van der Waals surface area (Å²) in [7, 11) is 1.35. The number of rotatable bonds is 5. The number of carbonyl (C=O) groups excluding carboxylic acids is 1. The third kappa shape index (κ3) is 4.35. The highest BCUT2D eigenvalue weighted by Crippen LogP contribution is 2.33. The second-order valence-corrected chi connectivity index (χ2v) is 6.70. The number of benzene rings is 2. The molecule has 0 fully saturated rings. The Balaban J connectivity index is 1.94. The van der Waals surface area contributed by atoms with E-state index in [4.69, 9.17) is 16.3 Å². The molecule has 3 aromatic rings. The van der Waals surface area contributed by atoms with Gasteiger partial charge in [0.2, 0.25) is 0 Å². The molecular formula is C18H14ClFN2O2S. The summed E-state index contributed by atoms with van der Waals surface area (Å²) in [5.74, 6) is -0.648. The molecule has 0 aliphatic heterocycles. The predicted octanol–water partition coefficient (Wildman–Crippen LogP) is 5.06. The maximum Gasteiger partial charge on any atom is 0.310 e. The summed E-state index contributed by atoms with van der Waals surface area (Å²) < 4.78 is 17.8. The maximum atomic E-state index is 13.0. The molecule has 0 unspecified atom stereocenters. The number of halogens is 2. The molecule has 1 heterocycles. The van der Waals surface area contributed by atoms with Crippen LogP contribution in [-0.4, -0.2) is 18.1 Å². The van der Waals surface area contributed by atoms with Crippen molar-refractivity contribution in [2.45, 2.75) is 6.42 Å². The third-order valence-corrected chi connectivity index (χ3v) is 4.67. The minimum Gasteiger partial charge on any atom is -0.469 e. The second kappa shape index (κ2) is 7.63. The van der Waals surface area contributed by atoms with Crippen LogP contribution in [0.15, 0.2) is 48.5 Å². The molecule has 0 amide bonds. The van der Waals surface area contributed by atoms with Gasteiger partial charge in [0.05, 0.1) is 19.2 Å². The zero-order valence-corrected chi connectivity index (χ0v) is 14.8. The molecule has 0 saturated heterocycles. The van der Waals surface area contributed by atoms with Crippen molar-refractivity contribution >= 4 is 39.7 Å². The Kier molecular flexibility index (Phi) is 5.31. The standard InChI is InChI=1S/C18H14ClFN2O2S/c1-24-16(23)10-15-17(11-2-4-12(19)5-3-11)22-18(25-15)21-14-8-6-13(20)7-9-14/h2-9H,10H2,1H3,(H,21,22). The van der Waals surface area contributed by atoms with Gasteiger partial charge in [0.15, 0.2) is 5.13 Å². The number of esters is 1. The van der Waals surface area contributed by atoms with Crippen LogP contribution in [0.1, 0.15) is 4.88 Å². The molecule has 0 aliphatic rings. The first-order chi connectivity index (χ1) is 12.0. The summed E-state index contributed by atoms with van der Waals surface area (Å²) in [6.45, 7) is 0. The number of hydrogen-bond acceptors (Lipinski definition) is 5. The summed E-state index contributed by atoms with van der Waals surface area (Å²) in [4.78, 5) is 17.1. The largest absolute Gasteiger partial charge is 0.469 e. The Morgan fingerprint density at radius 2 is 1.88 bits per heavy atom. The van der Waals surface area contributed by atoms with E-state index in [9.17, 15) is 9.18 Å². The SMILES string of the molecule is COC(=O)Cc1sc(Nc2ccc(F)cc2)nc1-c1ccc(Cl)cc1. The normalized spacial score (nSPS) is 10.5. The fourth-order valence-corrected chi connectivity index (χ4v) is 3.33. The maximum absolute atomic E-state index is 13.0. The zero-order chi connectivity index (χ0) is 17.8. The number of thiazole rings is 1. The summed E-state index contributed by atoms with van der Waals surface area (Å²) in [5, 5.41) is 4.36. The van der Waals surface area contributed by atoms with Gasteiger partial charge in [0.1, 0.15) is 5.82 Å². The van der Waals surface area contributed by atoms with Crippen molar-refractivity contribution in [1.82, 2.24) is 4.98 Å². The van der Waals surface area contributed by atoms with Gasteiger partial charge in [-0.2, -0.15) is 0 Å². The predicted molar refractivity (Wildman–Crippen MR) is 98.0 cm³/mol. The molecule has 0 aliphatic carbocycles. The van der Waals surface area contributed by atoms with Crippen molar-refractivity contribution in [1.29, 1.82) is 0 Å². The number of anilines is 2. The van der Waals surface area contributed by atoms with E-state index in [1.807, 2.05) is 12.1 Å². The van der Waals surface area contributed by atoms with Crippen LogP contribution in [0.25, 0.3) is 11.3 Å². The van der Waals surface area contributed by atoms with Crippen LogP contribution in [0.2, 0.25) is 5.02 Å². The smallest absolute Gasteiger partial charge is 0.310 e. The van der Waals surface area contributed by atoms with Gasteiger partial charge in [-0.05, 0) is 36.4 Å². The van der Waals surface area contributed by atoms with Crippen LogP contribution in [0.3, 0.4) is 0 Å². The highest BCUT2D eigenvalue weighted by Gasteiger charge is 2.17. The summed E-state index contributed by atoms with van der Waals surface area (Å²) in [5.41, 5.74) is 2.26. The first kappa shape index (κ1) is 17.4. The number of nitrogens with one attached hydrogen (secondary N) is 1. The van der Waals surface area contributed by atoms with Gasteiger partial charge in [-0.1, -0.05) is 23.7 Å². The molecule has 1 aromatic heterocycles. The van der Waals surface area contributed by atoms with Crippen LogP contribution in [0.4, 0.5) is 15.2 Å². The van der Waals surface area contributed by atoms with Crippen molar-refractivity contribution in [2.24, 2.45) is 0 Å². The van der Waals surface area contributed by atoms with Gasteiger partial charge in [0.25, 0.3) is 0 Å². The first-order valence-corrected chi connectivity index (χ1v) is 8.59. The number of carbonyl (C=O) groups is 1. The Bertz CT molecular complexity index is 879. The zero-order valence-electron chi connectivity index (χ0n) is 13.3. The molecule has 7 heteroatoms. The quantitative estimate of drug-likeness (QED) is 0.632. The van der Waals surface area contributed by atoms with Gasteiger partial charge in [-0.15, -0.1) is 11.3 Å². The van der Waals surface area contributed by atoms with E-state index in [1.54, 1.807) is 24.3 Å². The van der Waals surface area contributed by atoms with E-state index in [0.29, 0.717) is 21.5 Å². The number of ether oxygens (including phenoxy) is 1. The minimum absolute atomic E-state index is 0.122. The highest BCUT2D eigenvalue weighted by atomic mass is 35.5. The molecule has 0 bridgehead atoms. The van der Waals surface area contributed by atoms with Crippen LogP contribution in [-0.2, 0) is 16.0 Å². The first-order valence-electron chi connectivity index (χ1n) is 7.40. The summed E-state index contributed by atoms with van der Waals surface area (Å²) in [6, 6.07) is 13.2. The molecule has 0 radical (unpaired) electrons. The van der Waals surface area contributed by atoms with Crippen LogP contribution in [0.5, 0.6) is 0 Å². The number of aromatic nitrogens is 1. The lowest BCUT2D eigenvalue weighted by atomic mass is 10.1. The topological polar surface area (TPSA) is 51.2 Å². The lowest BCUT2D eigenvalue weighted by Crippen LogP contribution is -2.03. The van der Waals surface area contributed by atoms with Gasteiger partial charge in [-0.25, -0.2) is 9.37 Å². The van der Waals surface area contributed by atoms with Gasteiger partial charge in [0, 0.05) is 21.2 Å². The van der Waals surface area contributed by atoms with E-state index in [0.717, 1.165) is 10.4 Å². The molecule has 0 saturated carbocycles. The molecule has 25 heavy (non-hydrogen) atoms. The van der Waals surface area contributed by atoms with Crippen molar-refractivity contribution in [2.75, 3.05) is 12.4 Å². The van der Waals surface area contributed by atoms with Crippen molar-refractivity contribution < 1.29 is 13.9 Å². The molecule has 2 aromatic carbocycles. The second-order valence-electron chi connectivity index (χ2n) is 5.18. The average molecular weight is 377 g/mol. The van der Waals surface area contributed by atoms with Crippen LogP contribution < -0.4 is 5.32 Å². The molecule has 1 N–H and O–H groups in total. The van der Waals surface area contributed by atoms with E-state index in [-0.39, 0.29) is 18.2 Å². The highest BCUT2D eigenvalue weighted by molar-refractivity contribution is 7.16. The molecular weight excluding hydrogens is 363 g/mol. The lowest BCUT2D eigenvalue weighted by molar-refractivity contribution is -0.139. The van der Waals surface area contributed by atoms with Crippen molar-refractivity contribution in [3.05, 3.63) is 64.2 Å². The Labute approximate surface area is 153 Å². The minimum atomic E-state index is -0.341. The number of hydrogen-bond donors (Lipinski definition) is 1. The number of methoxy groups -OCH3 is 1.